The Balaban J connectivity index is 2.26. The van der Waals surface area contributed by atoms with Crippen molar-refractivity contribution in [2.24, 2.45) is 0 Å². The summed E-state index contributed by atoms with van der Waals surface area (Å²) >= 11 is 0. The minimum Gasteiger partial charge on any atom is -0.481 e. The number of rotatable bonds is 5. The van der Waals surface area contributed by atoms with Crippen LogP contribution in [0.25, 0.3) is 11.5 Å². The number of carboxylic acid groups (broad SMARTS) is 1. The molecule has 20 heavy (non-hydrogen) atoms. The first-order valence-electron chi connectivity index (χ1n) is 5.71. The summed E-state index contributed by atoms with van der Waals surface area (Å²) in [5.41, 5.74) is 0.474. The average molecular weight is 296 g/mol. The molecule has 0 saturated heterocycles. The van der Waals surface area contributed by atoms with Crippen LogP contribution in [0.5, 0.6) is 0 Å². The minimum absolute atomic E-state index is 0.106. The number of aryl methyl sites for hydroxylation is 1. The number of hydrogen-bond acceptors (Lipinski definition) is 6. The van der Waals surface area contributed by atoms with Crippen LogP contribution in [0.4, 0.5) is 0 Å². The molecule has 1 aromatic carbocycles. The topological polar surface area (TPSA) is 110 Å². The summed E-state index contributed by atoms with van der Waals surface area (Å²) in [7, 11) is -3.32. The fourth-order valence-electron chi connectivity index (χ4n) is 1.54. The summed E-state index contributed by atoms with van der Waals surface area (Å²) in [6, 6.07) is 6.13. The summed E-state index contributed by atoms with van der Waals surface area (Å²) in [5.74, 6) is -0.591. The molecule has 7 nitrogen and oxygen atoms in total. The van der Waals surface area contributed by atoms with Gasteiger partial charge in [0.2, 0.25) is 11.8 Å². The van der Waals surface area contributed by atoms with E-state index in [-0.39, 0.29) is 29.5 Å². The van der Waals surface area contributed by atoms with Gasteiger partial charge in [0.25, 0.3) is 0 Å². The Morgan fingerprint density at radius 2 is 2.10 bits per heavy atom. The van der Waals surface area contributed by atoms with E-state index in [1.165, 1.54) is 12.1 Å². The van der Waals surface area contributed by atoms with E-state index >= 15 is 0 Å². The van der Waals surface area contributed by atoms with Gasteiger partial charge in [-0.1, -0.05) is 6.07 Å². The molecule has 0 radical (unpaired) electrons. The van der Waals surface area contributed by atoms with Crippen LogP contribution in [-0.4, -0.2) is 35.9 Å². The molecule has 0 atom stereocenters. The van der Waals surface area contributed by atoms with Crippen molar-refractivity contribution in [2.75, 3.05) is 6.26 Å². The summed E-state index contributed by atoms with van der Waals surface area (Å²) in [6.45, 7) is 0. The van der Waals surface area contributed by atoms with Crippen molar-refractivity contribution in [1.29, 1.82) is 0 Å². The highest BCUT2D eigenvalue weighted by molar-refractivity contribution is 7.90. The maximum atomic E-state index is 11.5. The minimum atomic E-state index is -3.32. The Morgan fingerprint density at radius 1 is 1.35 bits per heavy atom. The maximum absolute atomic E-state index is 11.5. The molecular weight excluding hydrogens is 284 g/mol. The zero-order chi connectivity index (χ0) is 14.8. The molecule has 8 heteroatoms. The first kappa shape index (κ1) is 14.2. The molecule has 0 saturated carbocycles. The first-order valence-corrected chi connectivity index (χ1v) is 7.60. The van der Waals surface area contributed by atoms with Gasteiger partial charge in [-0.25, -0.2) is 8.42 Å². The van der Waals surface area contributed by atoms with Crippen molar-refractivity contribution >= 4 is 15.8 Å². The molecule has 0 amide bonds. The van der Waals surface area contributed by atoms with E-state index in [1.807, 2.05) is 0 Å². The standard InChI is InChI=1S/C12H12N2O5S/c1-20(17,18)9-4-2-3-8(7-9)12-14-13-10(19-12)5-6-11(15)16/h2-4,7H,5-6H2,1H3,(H,15,16). The lowest BCUT2D eigenvalue weighted by Crippen LogP contribution is -1.97. The lowest BCUT2D eigenvalue weighted by molar-refractivity contribution is -0.137. The Bertz CT molecular complexity index is 736. The van der Waals surface area contributed by atoms with Gasteiger partial charge in [-0.3, -0.25) is 4.79 Å². The second-order valence-electron chi connectivity index (χ2n) is 4.19. The number of carbonyl (C=O) groups is 1. The Kier molecular flexibility index (Phi) is 3.84. The fraction of sp³-hybridized carbons (Fsp3) is 0.250. The van der Waals surface area contributed by atoms with Crippen molar-refractivity contribution in [3.05, 3.63) is 30.2 Å². The quantitative estimate of drug-likeness (QED) is 0.881. The van der Waals surface area contributed by atoms with Gasteiger partial charge in [-0.2, -0.15) is 0 Å². The van der Waals surface area contributed by atoms with Gasteiger partial charge in [0.05, 0.1) is 11.3 Å². The van der Waals surface area contributed by atoms with E-state index in [0.29, 0.717) is 5.56 Å². The van der Waals surface area contributed by atoms with Gasteiger partial charge in [-0.05, 0) is 18.2 Å². The van der Waals surface area contributed by atoms with Crippen LogP contribution in [0.3, 0.4) is 0 Å². The summed E-state index contributed by atoms with van der Waals surface area (Å²) in [5, 5.41) is 16.1. The zero-order valence-electron chi connectivity index (χ0n) is 10.6. The normalized spacial score (nSPS) is 11.4. The van der Waals surface area contributed by atoms with Crippen LogP contribution in [-0.2, 0) is 21.1 Å². The van der Waals surface area contributed by atoms with Gasteiger partial charge >= 0.3 is 5.97 Å². The van der Waals surface area contributed by atoms with Crippen molar-refractivity contribution < 1.29 is 22.7 Å². The number of carboxylic acids is 1. The van der Waals surface area contributed by atoms with Gasteiger partial charge in [-0.15, -0.1) is 10.2 Å². The first-order chi connectivity index (χ1) is 9.36. The lowest BCUT2D eigenvalue weighted by Gasteiger charge is -1.99. The zero-order valence-corrected chi connectivity index (χ0v) is 11.4. The third kappa shape index (κ3) is 3.41. The number of sulfone groups is 1. The average Bonchev–Trinajstić information content (AvgIpc) is 2.84. The van der Waals surface area contributed by atoms with E-state index in [9.17, 15) is 13.2 Å². The van der Waals surface area contributed by atoms with Gasteiger partial charge in [0.15, 0.2) is 9.84 Å². The fourth-order valence-corrected chi connectivity index (χ4v) is 2.21. The SMILES string of the molecule is CS(=O)(=O)c1cccc(-c2nnc(CCC(=O)O)o2)c1. The molecule has 1 N–H and O–H groups in total. The molecule has 0 fully saturated rings. The van der Waals surface area contributed by atoms with Crippen LogP contribution in [0, 0.1) is 0 Å². The lowest BCUT2D eigenvalue weighted by atomic mass is 10.2. The highest BCUT2D eigenvalue weighted by Gasteiger charge is 2.13. The third-order valence-electron chi connectivity index (χ3n) is 2.53. The van der Waals surface area contributed by atoms with Crippen LogP contribution < -0.4 is 0 Å². The van der Waals surface area contributed by atoms with Crippen molar-refractivity contribution in [3.8, 4) is 11.5 Å². The second-order valence-corrected chi connectivity index (χ2v) is 6.21. The van der Waals surface area contributed by atoms with E-state index in [2.05, 4.69) is 10.2 Å². The molecule has 0 spiro atoms. The predicted octanol–water partition coefficient (Wildman–Crippen LogP) is 1.16. The Labute approximate surface area is 115 Å². The molecule has 1 aromatic heterocycles. The van der Waals surface area contributed by atoms with Crippen molar-refractivity contribution in [1.82, 2.24) is 10.2 Å². The van der Waals surface area contributed by atoms with Gasteiger partial charge < -0.3 is 9.52 Å². The van der Waals surface area contributed by atoms with E-state index in [1.54, 1.807) is 12.1 Å². The number of aromatic nitrogens is 2. The molecule has 0 unspecified atom stereocenters. The molecule has 2 rings (SSSR count). The summed E-state index contributed by atoms with van der Waals surface area (Å²) in [6.07, 6.45) is 1.14. The predicted molar refractivity (Wildman–Crippen MR) is 68.8 cm³/mol. The number of hydrogen-bond donors (Lipinski definition) is 1. The summed E-state index contributed by atoms with van der Waals surface area (Å²) < 4.78 is 28.2. The maximum Gasteiger partial charge on any atom is 0.303 e. The van der Waals surface area contributed by atoms with E-state index in [0.717, 1.165) is 6.26 Å². The molecule has 0 aliphatic carbocycles. The number of aliphatic carboxylic acids is 1. The summed E-state index contributed by atoms with van der Waals surface area (Å²) in [4.78, 5) is 10.6. The molecule has 106 valence electrons. The van der Waals surface area contributed by atoms with E-state index < -0.39 is 15.8 Å². The third-order valence-corrected chi connectivity index (χ3v) is 3.64. The Hall–Kier alpha value is -2.22. The monoisotopic (exact) mass is 296 g/mol. The largest absolute Gasteiger partial charge is 0.481 e. The molecule has 0 aliphatic heterocycles. The van der Waals surface area contributed by atoms with Crippen LogP contribution in [0.2, 0.25) is 0 Å². The van der Waals surface area contributed by atoms with Gasteiger partial charge in [0.1, 0.15) is 0 Å². The van der Waals surface area contributed by atoms with Crippen LogP contribution in [0.15, 0.2) is 33.6 Å². The Morgan fingerprint density at radius 3 is 2.75 bits per heavy atom. The van der Waals surface area contributed by atoms with Crippen molar-refractivity contribution in [3.63, 3.8) is 0 Å². The van der Waals surface area contributed by atoms with Crippen LogP contribution in [0.1, 0.15) is 12.3 Å². The molecule has 0 aliphatic rings. The molecule has 1 heterocycles. The highest BCUT2D eigenvalue weighted by Crippen LogP contribution is 2.21. The number of benzene rings is 1. The second kappa shape index (κ2) is 5.41. The van der Waals surface area contributed by atoms with Gasteiger partial charge in [0, 0.05) is 18.2 Å². The molecular formula is C12H12N2O5S. The molecule has 0 bridgehead atoms. The smallest absolute Gasteiger partial charge is 0.303 e. The number of nitrogens with zero attached hydrogens (tertiary/aromatic N) is 2. The van der Waals surface area contributed by atoms with Crippen molar-refractivity contribution in [2.45, 2.75) is 17.7 Å². The van der Waals surface area contributed by atoms with E-state index in [4.69, 9.17) is 9.52 Å². The highest BCUT2D eigenvalue weighted by atomic mass is 32.2. The molecule has 2 aromatic rings. The van der Waals surface area contributed by atoms with Crippen LogP contribution >= 0.6 is 0 Å².